The molecule has 0 bridgehead atoms. The van der Waals surface area contributed by atoms with Crippen molar-refractivity contribution in [1.82, 2.24) is 0 Å². The Morgan fingerprint density at radius 1 is 0.500 bits per heavy atom. The first kappa shape index (κ1) is 25.2. The van der Waals surface area contributed by atoms with Crippen molar-refractivity contribution in [2.45, 2.75) is 0 Å². The molecule has 0 aromatic heterocycles. The summed E-state index contributed by atoms with van der Waals surface area (Å²) in [5.41, 5.74) is 0. The van der Waals surface area contributed by atoms with Gasteiger partial charge in [0.05, 0.1) is 0 Å². The van der Waals surface area contributed by atoms with Crippen molar-refractivity contribution < 1.29 is 0 Å². The van der Waals surface area contributed by atoms with Gasteiger partial charge in [-0.1, -0.05) is 0 Å². The fourth-order valence-corrected chi connectivity index (χ4v) is 0. The number of halogens is 1. The third-order valence-corrected chi connectivity index (χ3v) is 0. The van der Waals surface area contributed by atoms with Crippen molar-refractivity contribution in [2.24, 2.45) is 0 Å². The Kier molecular flexibility index (Phi) is 99.9. The minimum absolute atomic E-state index is 0. The van der Waals surface area contributed by atoms with Crippen molar-refractivity contribution in [3.63, 3.8) is 0 Å². The van der Waals surface area contributed by atoms with Crippen molar-refractivity contribution in [1.29, 1.82) is 0 Å². The molecule has 0 saturated heterocycles. The Balaban J connectivity index is 0. The molecule has 0 aliphatic rings. The van der Waals surface area contributed by atoms with E-state index in [2.05, 4.69) is 0 Å². The van der Waals surface area contributed by atoms with Crippen LogP contribution in [0.15, 0.2) is 0 Å². The fraction of sp³-hybridized carbons (Fsp3) is 0. The SMILES string of the molecule is I.[NaH].[NaH].[NaH]. The van der Waals surface area contributed by atoms with E-state index in [1.54, 1.807) is 0 Å². The molecule has 0 aliphatic heterocycles. The Morgan fingerprint density at radius 2 is 0.500 bits per heavy atom. The van der Waals surface area contributed by atoms with Crippen LogP contribution < -0.4 is 0 Å². The molecule has 0 N–H and O–H groups in total. The molecule has 0 rings (SSSR count). The summed E-state index contributed by atoms with van der Waals surface area (Å²) in [6.45, 7) is 0. The molecule has 0 aromatic carbocycles. The third kappa shape index (κ3) is 9.21. The van der Waals surface area contributed by atoms with E-state index in [1.807, 2.05) is 0 Å². The van der Waals surface area contributed by atoms with Gasteiger partial charge in [-0.3, -0.25) is 0 Å². The zero-order chi connectivity index (χ0) is 0. The van der Waals surface area contributed by atoms with Gasteiger partial charge in [0.25, 0.3) is 0 Å². The van der Waals surface area contributed by atoms with Gasteiger partial charge in [-0.25, -0.2) is 0 Å². The topological polar surface area (TPSA) is 0 Å². The molecule has 0 amide bonds. The van der Waals surface area contributed by atoms with Crippen LogP contribution in [-0.2, 0) is 0 Å². The van der Waals surface area contributed by atoms with E-state index in [0.717, 1.165) is 0 Å². The van der Waals surface area contributed by atoms with Crippen LogP contribution in [0, 0.1) is 0 Å². The molecule has 0 aromatic rings. The molecular weight excluding hydrogens is 196 g/mol. The third-order valence-electron chi connectivity index (χ3n) is 0. The van der Waals surface area contributed by atoms with Crippen molar-refractivity contribution >= 4 is 113 Å². The minimum atomic E-state index is 0. The summed E-state index contributed by atoms with van der Waals surface area (Å²) in [6.07, 6.45) is 0. The van der Waals surface area contributed by atoms with Gasteiger partial charge in [0.1, 0.15) is 0 Å². The van der Waals surface area contributed by atoms with E-state index in [4.69, 9.17) is 0 Å². The van der Waals surface area contributed by atoms with Crippen molar-refractivity contribution in [3.8, 4) is 0 Å². The van der Waals surface area contributed by atoms with Crippen LogP contribution in [0.4, 0.5) is 0 Å². The van der Waals surface area contributed by atoms with Gasteiger partial charge >= 0.3 is 88.7 Å². The van der Waals surface area contributed by atoms with E-state index in [-0.39, 0.29) is 113 Å². The molecule has 0 saturated carbocycles. The van der Waals surface area contributed by atoms with Crippen molar-refractivity contribution in [2.75, 3.05) is 0 Å². The summed E-state index contributed by atoms with van der Waals surface area (Å²) >= 11 is 0. The average molecular weight is 200 g/mol. The average Bonchev–Trinajstić information content (AvgIpc) is 0. The van der Waals surface area contributed by atoms with Gasteiger partial charge in [-0.2, -0.15) is 0 Å². The summed E-state index contributed by atoms with van der Waals surface area (Å²) in [7, 11) is 0. The predicted octanol–water partition coefficient (Wildman–Crippen LogP) is -1.33. The first-order chi connectivity index (χ1) is 0. The van der Waals surface area contributed by atoms with Gasteiger partial charge < -0.3 is 0 Å². The Hall–Kier alpha value is 3.73. The molecule has 14 valence electrons. The van der Waals surface area contributed by atoms with E-state index in [9.17, 15) is 0 Å². The van der Waals surface area contributed by atoms with Crippen LogP contribution in [-0.4, -0.2) is 88.7 Å². The number of hydrogen-bond acceptors (Lipinski definition) is 0. The summed E-state index contributed by atoms with van der Waals surface area (Å²) in [5, 5.41) is 0. The molecule has 0 unspecified atom stereocenters. The normalized spacial score (nSPS) is 0. The van der Waals surface area contributed by atoms with Gasteiger partial charge in [0.15, 0.2) is 0 Å². The number of hydrogen-bond donors (Lipinski definition) is 0. The van der Waals surface area contributed by atoms with Gasteiger partial charge in [0, 0.05) is 0 Å². The summed E-state index contributed by atoms with van der Waals surface area (Å²) in [5.74, 6) is 0. The first-order valence-electron chi connectivity index (χ1n) is 0. The Morgan fingerprint density at radius 3 is 0.500 bits per heavy atom. The molecular formula is H4INa3. The fourth-order valence-electron chi connectivity index (χ4n) is 0. The molecule has 0 fully saturated rings. The molecule has 0 aliphatic carbocycles. The van der Waals surface area contributed by atoms with E-state index in [0.29, 0.717) is 0 Å². The summed E-state index contributed by atoms with van der Waals surface area (Å²) in [6, 6.07) is 0. The molecule has 0 spiro atoms. The van der Waals surface area contributed by atoms with Crippen LogP contribution in [0.5, 0.6) is 0 Å². The predicted molar refractivity (Wildman–Crippen MR) is 36.9 cm³/mol. The second-order valence-corrected chi connectivity index (χ2v) is 0. The Labute approximate surface area is 110 Å². The Bertz CT molecular complexity index is 3.25. The van der Waals surface area contributed by atoms with Crippen LogP contribution >= 0.6 is 24.0 Å². The van der Waals surface area contributed by atoms with Crippen LogP contribution in [0.3, 0.4) is 0 Å². The van der Waals surface area contributed by atoms with Crippen LogP contribution in [0.25, 0.3) is 0 Å². The summed E-state index contributed by atoms with van der Waals surface area (Å²) < 4.78 is 0. The van der Waals surface area contributed by atoms with Crippen LogP contribution in [0.1, 0.15) is 0 Å². The van der Waals surface area contributed by atoms with Gasteiger partial charge in [-0.15, -0.1) is 24.0 Å². The van der Waals surface area contributed by atoms with E-state index >= 15 is 0 Å². The second-order valence-electron chi connectivity index (χ2n) is 0. The van der Waals surface area contributed by atoms with E-state index < -0.39 is 0 Å². The molecule has 0 atom stereocenters. The van der Waals surface area contributed by atoms with Gasteiger partial charge in [-0.05, 0) is 0 Å². The van der Waals surface area contributed by atoms with Crippen molar-refractivity contribution in [3.05, 3.63) is 0 Å². The molecule has 0 heterocycles. The zero-order valence-electron chi connectivity index (χ0n) is 0.408. The molecule has 0 nitrogen and oxygen atoms in total. The quantitative estimate of drug-likeness (QED) is 0.335. The molecule has 4 heteroatoms. The second kappa shape index (κ2) is 15.9. The molecule has 0 radical (unpaired) electrons. The standard InChI is InChI=1S/HI.3Na.3H/h1H;;;;;;. The van der Waals surface area contributed by atoms with E-state index in [1.165, 1.54) is 0 Å². The zero-order valence-corrected chi connectivity index (χ0v) is 2.74. The summed E-state index contributed by atoms with van der Waals surface area (Å²) in [4.78, 5) is 0. The maximum absolute atomic E-state index is 0. The van der Waals surface area contributed by atoms with Crippen LogP contribution in [0.2, 0.25) is 0 Å². The maximum atomic E-state index is 0. The monoisotopic (exact) mass is 200 g/mol. The molecule has 4 heavy (non-hydrogen) atoms. The number of rotatable bonds is 0. The first-order valence-corrected chi connectivity index (χ1v) is 0. The van der Waals surface area contributed by atoms with Gasteiger partial charge in [0.2, 0.25) is 0 Å².